The van der Waals surface area contributed by atoms with Crippen molar-refractivity contribution in [3.05, 3.63) is 41.5 Å². The van der Waals surface area contributed by atoms with Crippen LogP contribution in [0.1, 0.15) is 11.4 Å². The van der Waals surface area contributed by atoms with Gasteiger partial charge in [0.25, 0.3) is 0 Å². The highest BCUT2D eigenvalue weighted by Gasteiger charge is 1.94. The number of benzene rings is 1. The lowest BCUT2D eigenvalue weighted by molar-refractivity contribution is 0.628. The van der Waals surface area contributed by atoms with E-state index in [1.807, 2.05) is 0 Å². The molecule has 0 spiro atoms. The van der Waals surface area contributed by atoms with E-state index < -0.39 is 0 Å². The molecule has 15 heavy (non-hydrogen) atoms. The van der Waals surface area contributed by atoms with Crippen LogP contribution in [0, 0.1) is 5.82 Å². The summed E-state index contributed by atoms with van der Waals surface area (Å²) in [6, 6.07) is 6.14. The number of nitrogens with zero attached hydrogens (tertiary/aromatic N) is 2. The molecule has 1 aromatic carbocycles. The van der Waals surface area contributed by atoms with Crippen molar-refractivity contribution in [2.24, 2.45) is 0 Å². The highest BCUT2D eigenvalue weighted by atomic mass is 19.1. The van der Waals surface area contributed by atoms with Crippen LogP contribution in [0.2, 0.25) is 0 Å². The van der Waals surface area contributed by atoms with E-state index in [0.29, 0.717) is 5.82 Å². The maximum Gasteiger partial charge on any atom is 0.239 e. The van der Waals surface area contributed by atoms with Crippen LogP contribution >= 0.6 is 0 Å². The zero-order valence-electron chi connectivity index (χ0n) is 7.81. The summed E-state index contributed by atoms with van der Waals surface area (Å²) in [7, 11) is 0. The van der Waals surface area contributed by atoms with Crippen molar-refractivity contribution >= 4 is 18.1 Å². The predicted molar refractivity (Wildman–Crippen MR) is 56.1 cm³/mol. The Morgan fingerprint density at radius 1 is 1.20 bits per heavy atom. The van der Waals surface area contributed by atoms with Crippen molar-refractivity contribution in [2.45, 2.75) is 0 Å². The topological polar surface area (TPSA) is 67.6 Å². The van der Waals surface area contributed by atoms with Crippen LogP contribution in [0.25, 0.3) is 12.2 Å². The summed E-state index contributed by atoms with van der Waals surface area (Å²) >= 11 is 0. The first kappa shape index (κ1) is 9.39. The molecular weight excluding hydrogens is 195 g/mol. The van der Waals surface area contributed by atoms with Crippen molar-refractivity contribution in [1.82, 2.24) is 15.2 Å². The number of hydrogen-bond donors (Lipinski definition) is 2. The van der Waals surface area contributed by atoms with Crippen LogP contribution in [-0.4, -0.2) is 15.2 Å². The van der Waals surface area contributed by atoms with Gasteiger partial charge in [-0.05, 0) is 23.8 Å². The zero-order chi connectivity index (χ0) is 10.7. The van der Waals surface area contributed by atoms with Crippen molar-refractivity contribution in [2.75, 3.05) is 5.73 Å². The van der Waals surface area contributed by atoms with Gasteiger partial charge in [0.15, 0.2) is 0 Å². The normalized spacial score (nSPS) is 11.0. The molecule has 0 aliphatic heterocycles. The fourth-order valence-electron chi connectivity index (χ4n) is 1.11. The summed E-state index contributed by atoms with van der Waals surface area (Å²) in [5.74, 6) is 0.515. The monoisotopic (exact) mass is 204 g/mol. The first-order valence-electron chi connectivity index (χ1n) is 4.35. The van der Waals surface area contributed by atoms with Gasteiger partial charge in [0.2, 0.25) is 5.95 Å². The maximum absolute atomic E-state index is 12.6. The largest absolute Gasteiger partial charge is 0.366 e. The van der Waals surface area contributed by atoms with Crippen LogP contribution in [0.3, 0.4) is 0 Å². The quantitative estimate of drug-likeness (QED) is 0.782. The van der Waals surface area contributed by atoms with E-state index >= 15 is 0 Å². The van der Waals surface area contributed by atoms with Crippen molar-refractivity contribution in [3.8, 4) is 0 Å². The SMILES string of the molecule is Nc1n[nH]c(/C=C/c2ccc(F)cc2)n1. The average Bonchev–Trinajstić information content (AvgIpc) is 2.64. The molecule has 0 fully saturated rings. The van der Waals surface area contributed by atoms with Crippen LogP contribution in [-0.2, 0) is 0 Å². The van der Waals surface area contributed by atoms with Gasteiger partial charge in [-0.15, -0.1) is 5.10 Å². The third-order valence-corrected chi connectivity index (χ3v) is 1.82. The van der Waals surface area contributed by atoms with E-state index in [9.17, 15) is 4.39 Å². The van der Waals surface area contributed by atoms with Crippen molar-refractivity contribution < 1.29 is 4.39 Å². The second-order valence-corrected chi connectivity index (χ2v) is 2.96. The van der Waals surface area contributed by atoms with Gasteiger partial charge in [-0.3, -0.25) is 5.10 Å². The van der Waals surface area contributed by atoms with E-state index in [2.05, 4.69) is 15.2 Å². The second-order valence-electron chi connectivity index (χ2n) is 2.96. The molecule has 0 amide bonds. The molecule has 0 aliphatic carbocycles. The number of nitrogens with one attached hydrogen (secondary N) is 1. The number of nitrogen functional groups attached to an aromatic ring is 1. The molecule has 0 radical (unpaired) electrons. The van der Waals surface area contributed by atoms with Crippen LogP contribution in [0.4, 0.5) is 10.3 Å². The predicted octanol–water partition coefficient (Wildman–Crippen LogP) is 1.70. The molecule has 1 heterocycles. The van der Waals surface area contributed by atoms with Crippen molar-refractivity contribution in [3.63, 3.8) is 0 Å². The molecular formula is C10H9FN4. The van der Waals surface area contributed by atoms with Gasteiger partial charge >= 0.3 is 0 Å². The summed E-state index contributed by atoms with van der Waals surface area (Å²) in [4.78, 5) is 3.89. The lowest BCUT2D eigenvalue weighted by Crippen LogP contribution is -1.85. The molecule has 0 unspecified atom stereocenters. The van der Waals surface area contributed by atoms with E-state index in [1.165, 1.54) is 12.1 Å². The highest BCUT2D eigenvalue weighted by Crippen LogP contribution is 2.06. The summed E-state index contributed by atoms with van der Waals surface area (Å²) in [5.41, 5.74) is 6.21. The average molecular weight is 204 g/mol. The Kier molecular flexibility index (Phi) is 2.45. The lowest BCUT2D eigenvalue weighted by Gasteiger charge is -1.91. The summed E-state index contributed by atoms with van der Waals surface area (Å²) in [6.45, 7) is 0. The van der Waals surface area contributed by atoms with Gasteiger partial charge in [0.1, 0.15) is 11.6 Å². The van der Waals surface area contributed by atoms with Crippen molar-refractivity contribution in [1.29, 1.82) is 0 Å². The number of halogens is 1. The van der Waals surface area contributed by atoms with Crippen LogP contribution in [0.15, 0.2) is 24.3 Å². The minimum atomic E-state index is -0.254. The third-order valence-electron chi connectivity index (χ3n) is 1.82. The molecule has 76 valence electrons. The minimum absolute atomic E-state index is 0.203. The number of anilines is 1. The summed E-state index contributed by atoms with van der Waals surface area (Å²) in [5, 5.41) is 6.31. The highest BCUT2D eigenvalue weighted by molar-refractivity contribution is 5.66. The summed E-state index contributed by atoms with van der Waals surface area (Å²) < 4.78 is 12.6. The third kappa shape index (κ3) is 2.40. The number of hydrogen-bond acceptors (Lipinski definition) is 3. The van der Waals surface area contributed by atoms with Crippen LogP contribution < -0.4 is 5.73 Å². The number of nitrogens with two attached hydrogens (primary N) is 1. The Hall–Kier alpha value is -2.17. The van der Waals surface area contributed by atoms with Gasteiger partial charge in [0.05, 0.1) is 0 Å². The summed E-state index contributed by atoms with van der Waals surface area (Å²) in [6.07, 6.45) is 3.51. The molecule has 0 atom stereocenters. The molecule has 0 aliphatic rings. The molecule has 2 aromatic rings. The van der Waals surface area contributed by atoms with Crippen LogP contribution in [0.5, 0.6) is 0 Å². The van der Waals surface area contributed by atoms with E-state index in [-0.39, 0.29) is 11.8 Å². The van der Waals surface area contributed by atoms with E-state index in [0.717, 1.165) is 5.56 Å². The zero-order valence-corrected chi connectivity index (χ0v) is 7.81. The Morgan fingerprint density at radius 2 is 1.93 bits per heavy atom. The lowest BCUT2D eigenvalue weighted by atomic mass is 10.2. The molecule has 1 aromatic heterocycles. The fourth-order valence-corrected chi connectivity index (χ4v) is 1.11. The standard InChI is InChI=1S/C10H9FN4/c11-8-4-1-7(2-5-8)3-6-9-13-10(12)15-14-9/h1-6H,(H3,12,13,14,15)/b6-3+. The number of aromatic amines is 1. The Balaban J connectivity index is 2.14. The smallest absolute Gasteiger partial charge is 0.239 e. The molecule has 0 bridgehead atoms. The molecule has 0 saturated carbocycles. The number of aromatic nitrogens is 3. The Bertz CT molecular complexity index is 472. The molecule has 2 rings (SSSR count). The molecule has 3 N–H and O–H groups in total. The minimum Gasteiger partial charge on any atom is -0.366 e. The van der Waals surface area contributed by atoms with E-state index in [1.54, 1.807) is 24.3 Å². The number of rotatable bonds is 2. The molecule has 0 saturated heterocycles. The molecule has 4 nitrogen and oxygen atoms in total. The van der Waals surface area contributed by atoms with Gasteiger partial charge in [0, 0.05) is 0 Å². The number of H-pyrrole nitrogens is 1. The fraction of sp³-hybridized carbons (Fsp3) is 0. The van der Waals surface area contributed by atoms with Gasteiger partial charge < -0.3 is 5.73 Å². The first-order chi connectivity index (χ1) is 7.24. The van der Waals surface area contributed by atoms with E-state index in [4.69, 9.17) is 5.73 Å². The van der Waals surface area contributed by atoms with Gasteiger partial charge in [-0.2, -0.15) is 4.98 Å². The Morgan fingerprint density at radius 3 is 2.53 bits per heavy atom. The maximum atomic E-state index is 12.6. The first-order valence-corrected chi connectivity index (χ1v) is 4.35. The van der Waals surface area contributed by atoms with Gasteiger partial charge in [-0.1, -0.05) is 18.2 Å². The second kappa shape index (κ2) is 3.91. The van der Waals surface area contributed by atoms with Gasteiger partial charge in [-0.25, -0.2) is 4.39 Å². The molecule has 5 heteroatoms. The Labute approximate surface area is 85.7 Å².